The second-order valence-corrected chi connectivity index (χ2v) is 6.06. The number of rotatable bonds is 1. The van der Waals surface area contributed by atoms with Crippen molar-refractivity contribution in [2.45, 2.75) is 38.6 Å². The molecule has 1 aromatic carbocycles. The topological polar surface area (TPSA) is 20.7 Å². The number of halogens is 1. The van der Waals surface area contributed by atoms with Gasteiger partial charge in [0.15, 0.2) is 4.77 Å². The van der Waals surface area contributed by atoms with Crippen LogP contribution in [0, 0.1) is 10.7 Å². The van der Waals surface area contributed by atoms with Crippen LogP contribution < -0.4 is 0 Å². The van der Waals surface area contributed by atoms with E-state index in [4.69, 9.17) is 23.8 Å². The summed E-state index contributed by atoms with van der Waals surface area (Å²) < 4.78 is 3.05. The summed E-state index contributed by atoms with van der Waals surface area (Å²) in [7, 11) is 0. The molecule has 0 saturated heterocycles. The molecule has 4 heteroatoms. The molecule has 2 atom stereocenters. The van der Waals surface area contributed by atoms with Crippen molar-refractivity contribution in [1.29, 1.82) is 0 Å². The third-order valence-corrected chi connectivity index (χ3v) is 4.69. The first kappa shape index (κ1) is 12.2. The van der Waals surface area contributed by atoms with E-state index in [0.29, 0.717) is 12.0 Å². The Morgan fingerprint density at radius 2 is 2.11 bits per heavy atom. The molecule has 1 heterocycles. The maximum atomic E-state index is 6.36. The molecule has 2 unspecified atom stereocenters. The predicted octanol–water partition coefficient (Wildman–Crippen LogP) is 5.10. The molecular weight excluding hydrogens is 264 g/mol. The first-order valence-corrected chi connectivity index (χ1v) is 7.36. The molecule has 0 amide bonds. The van der Waals surface area contributed by atoms with Crippen LogP contribution in [0.25, 0.3) is 11.0 Å². The van der Waals surface area contributed by atoms with Gasteiger partial charge in [-0.1, -0.05) is 37.4 Å². The number of nitrogens with one attached hydrogen (secondary N) is 1. The van der Waals surface area contributed by atoms with Crippen LogP contribution in [-0.2, 0) is 0 Å². The van der Waals surface area contributed by atoms with E-state index >= 15 is 0 Å². The van der Waals surface area contributed by atoms with E-state index in [0.717, 1.165) is 20.8 Å². The Hall–Kier alpha value is -0.800. The Morgan fingerprint density at radius 3 is 2.89 bits per heavy atom. The fraction of sp³-hybridized carbons (Fsp3) is 0.500. The molecule has 2 aromatic rings. The second kappa shape index (κ2) is 4.71. The van der Waals surface area contributed by atoms with Gasteiger partial charge in [-0.15, -0.1) is 0 Å². The molecule has 1 N–H and O–H groups in total. The van der Waals surface area contributed by atoms with Crippen LogP contribution in [-0.4, -0.2) is 9.55 Å². The molecule has 18 heavy (non-hydrogen) atoms. The lowest BCUT2D eigenvalue weighted by molar-refractivity contribution is 0.260. The smallest absolute Gasteiger partial charge is 0.178 e. The Balaban J connectivity index is 2.21. The highest BCUT2D eigenvalue weighted by Crippen LogP contribution is 2.37. The lowest BCUT2D eigenvalue weighted by Gasteiger charge is -2.30. The summed E-state index contributed by atoms with van der Waals surface area (Å²) in [6.07, 6.45) is 5.10. The first-order chi connectivity index (χ1) is 8.68. The van der Waals surface area contributed by atoms with Gasteiger partial charge in [-0.05, 0) is 43.1 Å². The van der Waals surface area contributed by atoms with E-state index < -0.39 is 0 Å². The van der Waals surface area contributed by atoms with Gasteiger partial charge in [-0.3, -0.25) is 0 Å². The van der Waals surface area contributed by atoms with Gasteiger partial charge >= 0.3 is 0 Å². The number of hydrogen-bond donors (Lipinski definition) is 1. The van der Waals surface area contributed by atoms with Crippen molar-refractivity contribution in [2.75, 3.05) is 0 Å². The molecule has 3 rings (SSSR count). The number of hydrogen-bond acceptors (Lipinski definition) is 1. The summed E-state index contributed by atoms with van der Waals surface area (Å²) in [5.74, 6) is 0.667. The number of para-hydroxylation sites is 1. The zero-order valence-corrected chi connectivity index (χ0v) is 12.0. The first-order valence-electron chi connectivity index (χ1n) is 6.57. The summed E-state index contributed by atoms with van der Waals surface area (Å²) in [5, 5.41) is 0.789. The van der Waals surface area contributed by atoms with Gasteiger partial charge in [0, 0.05) is 6.04 Å². The number of benzene rings is 1. The fourth-order valence-corrected chi connectivity index (χ4v) is 3.74. The number of aromatic amines is 1. The Bertz CT molecular complexity index is 628. The molecule has 0 spiro atoms. The van der Waals surface area contributed by atoms with Crippen LogP contribution in [0.4, 0.5) is 0 Å². The normalized spacial score (nSPS) is 24.6. The maximum Gasteiger partial charge on any atom is 0.178 e. The van der Waals surface area contributed by atoms with Crippen LogP contribution >= 0.6 is 23.8 Å². The number of fused-ring (bicyclic) bond motifs is 1. The van der Waals surface area contributed by atoms with Gasteiger partial charge in [-0.25, -0.2) is 0 Å². The molecule has 1 aliphatic rings. The maximum absolute atomic E-state index is 6.36. The molecule has 0 radical (unpaired) electrons. The monoisotopic (exact) mass is 280 g/mol. The Labute approximate surface area is 117 Å². The van der Waals surface area contributed by atoms with Gasteiger partial charge in [0.05, 0.1) is 16.1 Å². The number of aromatic nitrogens is 2. The quantitative estimate of drug-likeness (QED) is 0.721. The van der Waals surface area contributed by atoms with E-state index in [1.165, 1.54) is 25.7 Å². The van der Waals surface area contributed by atoms with Crippen LogP contribution in [0.3, 0.4) is 0 Å². The molecule has 1 saturated carbocycles. The van der Waals surface area contributed by atoms with E-state index in [2.05, 4.69) is 16.5 Å². The minimum absolute atomic E-state index is 0.486. The highest BCUT2D eigenvalue weighted by Gasteiger charge is 2.25. The summed E-state index contributed by atoms with van der Waals surface area (Å²) >= 11 is 11.9. The second-order valence-electron chi connectivity index (χ2n) is 5.27. The number of imidazole rings is 1. The highest BCUT2D eigenvalue weighted by atomic mass is 35.5. The van der Waals surface area contributed by atoms with Gasteiger partial charge in [0.25, 0.3) is 0 Å². The minimum Gasteiger partial charge on any atom is -0.331 e. The lowest BCUT2D eigenvalue weighted by atomic mass is 9.85. The van der Waals surface area contributed by atoms with Crippen molar-refractivity contribution in [3.63, 3.8) is 0 Å². The standard InChI is InChI=1S/C14H17ClN2S/c1-9-5-2-3-8-12(9)17-13-10(15)6-4-7-11(13)16-14(17)18/h4,6-7,9,12H,2-3,5,8H2,1H3,(H,16,18). The number of H-pyrrole nitrogens is 1. The van der Waals surface area contributed by atoms with Crippen LogP contribution in [0.15, 0.2) is 18.2 Å². The average Bonchev–Trinajstić information content (AvgIpc) is 2.68. The fourth-order valence-electron chi connectivity index (χ4n) is 3.13. The lowest BCUT2D eigenvalue weighted by Crippen LogP contribution is -2.21. The zero-order valence-electron chi connectivity index (χ0n) is 10.4. The van der Waals surface area contributed by atoms with Crippen molar-refractivity contribution in [3.8, 4) is 0 Å². The Morgan fingerprint density at radius 1 is 1.33 bits per heavy atom. The summed E-state index contributed by atoms with van der Waals surface area (Å²) in [6, 6.07) is 6.43. The zero-order chi connectivity index (χ0) is 12.7. The largest absolute Gasteiger partial charge is 0.331 e. The van der Waals surface area contributed by atoms with Crippen molar-refractivity contribution < 1.29 is 0 Å². The van der Waals surface area contributed by atoms with Crippen molar-refractivity contribution >= 4 is 34.9 Å². The summed E-state index contributed by atoms with van der Waals surface area (Å²) in [6.45, 7) is 2.32. The summed E-state index contributed by atoms with van der Waals surface area (Å²) in [5.41, 5.74) is 2.12. The average molecular weight is 281 g/mol. The molecule has 0 aliphatic heterocycles. The van der Waals surface area contributed by atoms with Crippen LogP contribution in [0.2, 0.25) is 5.02 Å². The predicted molar refractivity (Wildman–Crippen MR) is 78.8 cm³/mol. The van der Waals surface area contributed by atoms with E-state index in [9.17, 15) is 0 Å². The molecule has 1 aromatic heterocycles. The number of nitrogens with zero attached hydrogens (tertiary/aromatic N) is 1. The molecule has 96 valence electrons. The SMILES string of the molecule is CC1CCCCC1n1c(=S)[nH]c2cccc(Cl)c21. The van der Waals surface area contributed by atoms with Gasteiger partial charge in [-0.2, -0.15) is 0 Å². The minimum atomic E-state index is 0.486. The third kappa shape index (κ3) is 1.90. The van der Waals surface area contributed by atoms with E-state index in [1.807, 2.05) is 18.2 Å². The molecule has 1 fully saturated rings. The van der Waals surface area contributed by atoms with Crippen LogP contribution in [0.1, 0.15) is 38.6 Å². The van der Waals surface area contributed by atoms with E-state index in [-0.39, 0.29) is 0 Å². The summed E-state index contributed by atoms with van der Waals surface area (Å²) in [4.78, 5) is 3.28. The molecule has 2 nitrogen and oxygen atoms in total. The van der Waals surface area contributed by atoms with Crippen LogP contribution in [0.5, 0.6) is 0 Å². The van der Waals surface area contributed by atoms with Crippen molar-refractivity contribution in [2.24, 2.45) is 5.92 Å². The molecule has 1 aliphatic carbocycles. The van der Waals surface area contributed by atoms with E-state index in [1.54, 1.807) is 0 Å². The highest BCUT2D eigenvalue weighted by molar-refractivity contribution is 7.71. The van der Waals surface area contributed by atoms with Crippen molar-refractivity contribution in [1.82, 2.24) is 9.55 Å². The van der Waals surface area contributed by atoms with Crippen molar-refractivity contribution in [3.05, 3.63) is 28.0 Å². The Kier molecular flexibility index (Phi) is 3.20. The third-order valence-electron chi connectivity index (χ3n) is 4.09. The van der Waals surface area contributed by atoms with Gasteiger partial charge in [0.1, 0.15) is 0 Å². The molecular formula is C14H17ClN2S. The molecule has 0 bridgehead atoms. The van der Waals surface area contributed by atoms with Gasteiger partial charge < -0.3 is 9.55 Å². The van der Waals surface area contributed by atoms with Gasteiger partial charge in [0.2, 0.25) is 0 Å².